The molecule has 0 atom stereocenters. The molecule has 1 amide bonds. The van der Waals surface area contributed by atoms with Gasteiger partial charge < -0.3 is 15.5 Å². The van der Waals surface area contributed by atoms with Crippen molar-refractivity contribution in [2.75, 3.05) is 20.6 Å². The molecule has 7 heteroatoms. The van der Waals surface area contributed by atoms with Gasteiger partial charge >= 0.3 is 0 Å². The fourth-order valence-corrected chi connectivity index (χ4v) is 2.75. The summed E-state index contributed by atoms with van der Waals surface area (Å²) in [6, 6.07) is 17.6. The highest BCUT2D eigenvalue weighted by Gasteiger charge is 2.08. The summed E-state index contributed by atoms with van der Waals surface area (Å²) in [7, 11) is 3.68. The maximum absolute atomic E-state index is 12.0. The minimum absolute atomic E-state index is 0. The molecule has 0 radical (unpaired) electrons. The average Bonchev–Trinajstić information content (AvgIpc) is 2.64. The van der Waals surface area contributed by atoms with Crippen molar-refractivity contribution >= 4 is 47.4 Å². The number of nitrogens with zero attached hydrogens (tertiary/aromatic N) is 2. The lowest BCUT2D eigenvalue weighted by Crippen LogP contribution is -2.40. The van der Waals surface area contributed by atoms with Gasteiger partial charge in [-0.25, -0.2) is 0 Å². The minimum Gasteiger partial charge on any atom is -0.356 e. The molecule has 0 heterocycles. The van der Waals surface area contributed by atoms with E-state index in [1.165, 1.54) is 0 Å². The molecule has 0 bridgehead atoms. The molecule has 2 aromatic carbocycles. The van der Waals surface area contributed by atoms with Gasteiger partial charge in [-0.1, -0.05) is 54.1 Å². The maximum Gasteiger partial charge on any atom is 0.222 e. The second kappa shape index (κ2) is 12.6. The number of amides is 1. The van der Waals surface area contributed by atoms with Gasteiger partial charge in [0, 0.05) is 45.2 Å². The third kappa shape index (κ3) is 8.62. The van der Waals surface area contributed by atoms with E-state index in [-0.39, 0.29) is 29.9 Å². The number of guanidine groups is 1. The molecular weight excluding hydrogens is 475 g/mol. The van der Waals surface area contributed by atoms with Crippen LogP contribution in [-0.2, 0) is 17.9 Å². The van der Waals surface area contributed by atoms with Gasteiger partial charge in [-0.15, -0.1) is 24.0 Å². The summed E-state index contributed by atoms with van der Waals surface area (Å²) < 4.78 is 0. The number of benzene rings is 2. The second-order valence-corrected chi connectivity index (χ2v) is 6.41. The molecule has 2 N–H and O–H groups in total. The zero-order valence-electron chi connectivity index (χ0n) is 15.6. The standard InChI is InChI=1S/C20H25ClN4O.HI/c1-22-20(25(2)15-17-9-6-10-18(21)13-17)23-12-11-19(26)24-14-16-7-4-3-5-8-16;/h3-10,13H,11-12,14-15H2,1-2H3,(H,22,23)(H,24,26);1H. The number of hydrogen-bond donors (Lipinski definition) is 2. The topological polar surface area (TPSA) is 56.7 Å². The summed E-state index contributed by atoms with van der Waals surface area (Å²) in [6.07, 6.45) is 0.386. The van der Waals surface area contributed by atoms with Crippen LogP contribution in [0.2, 0.25) is 5.02 Å². The average molecular weight is 501 g/mol. The van der Waals surface area contributed by atoms with Gasteiger partial charge in [-0.3, -0.25) is 9.79 Å². The molecule has 27 heavy (non-hydrogen) atoms. The molecule has 2 aromatic rings. The first kappa shape index (κ1) is 23.2. The first-order chi connectivity index (χ1) is 12.6. The van der Waals surface area contributed by atoms with Crippen LogP contribution in [0.1, 0.15) is 17.5 Å². The van der Waals surface area contributed by atoms with Crippen molar-refractivity contribution in [2.45, 2.75) is 19.5 Å². The SMILES string of the molecule is CN=C(NCCC(=O)NCc1ccccc1)N(C)Cc1cccc(Cl)c1.I. The van der Waals surface area contributed by atoms with E-state index in [1.54, 1.807) is 7.05 Å². The predicted octanol–water partition coefficient (Wildman–Crippen LogP) is 3.67. The summed E-state index contributed by atoms with van der Waals surface area (Å²) in [4.78, 5) is 18.2. The van der Waals surface area contributed by atoms with E-state index in [1.807, 2.05) is 66.5 Å². The van der Waals surface area contributed by atoms with Gasteiger partial charge in [0.1, 0.15) is 0 Å². The first-order valence-electron chi connectivity index (χ1n) is 8.55. The highest BCUT2D eigenvalue weighted by atomic mass is 127. The predicted molar refractivity (Wildman–Crippen MR) is 123 cm³/mol. The third-order valence-corrected chi connectivity index (χ3v) is 4.08. The van der Waals surface area contributed by atoms with Gasteiger partial charge in [0.2, 0.25) is 5.91 Å². The highest BCUT2D eigenvalue weighted by molar-refractivity contribution is 14.0. The Morgan fingerprint density at radius 3 is 2.44 bits per heavy atom. The molecule has 5 nitrogen and oxygen atoms in total. The summed E-state index contributed by atoms with van der Waals surface area (Å²) in [6.45, 7) is 1.75. The van der Waals surface area contributed by atoms with Crippen LogP contribution >= 0.6 is 35.6 Å². The number of hydrogen-bond acceptors (Lipinski definition) is 2. The molecule has 2 rings (SSSR count). The molecule has 0 aromatic heterocycles. The molecule has 0 spiro atoms. The number of aliphatic imine (C=N–C) groups is 1. The zero-order valence-corrected chi connectivity index (χ0v) is 18.7. The molecule has 0 saturated carbocycles. The monoisotopic (exact) mass is 500 g/mol. The fraction of sp³-hybridized carbons (Fsp3) is 0.300. The molecule has 0 unspecified atom stereocenters. The van der Waals surface area contributed by atoms with Gasteiger partial charge in [-0.2, -0.15) is 0 Å². The molecular formula is C20H26ClIN4O. The van der Waals surface area contributed by atoms with Crippen molar-refractivity contribution < 1.29 is 4.79 Å². The van der Waals surface area contributed by atoms with E-state index in [0.29, 0.717) is 31.1 Å². The number of carbonyl (C=O) groups is 1. The van der Waals surface area contributed by atoms with E-state index < -0.39 is 0 Å². The van der Waals surface area contributed by atoms with Crippen molar-refractivity contribution in [3.8, 4) is 0 Å². The molecule has 0 saturated heterocycles. The number of halogens is 2. The quantitative estimate of drug-likeness (QED) is 0.346. The lowest BCUT2D eigenvalue weighted by molar-refractivity contribution is -0.121. The summed E-state index contributed by atoms with van der Waals surface area (Å²) in [5, 5.41) is 6.85. The van der Waals surface area contributed by atoms with E-state index in [2.05, 4.69) is 15.6 Å². The minimum atomic E-state index is 0. The Kier molecular flexibility index (Phi) is 10.8. The van der Waals surface area contributed by atoms with Crippen LogP contribution in [-0.4, -0.2) is 37.4 Å². The number of nitrogens with one attached hydrogen (secondary N) is 2. The van der Waals surface area contributed by atoms with Crippen LogP contribution in [0.15, 0.2) is 59.6 Å². The van der Waals surface area contributed by atoms with E-state index in [9.17, 15) is 4.79 Å². The van der Waals surface area contributed by atoms with Gasteiger partial charge in [0.25, 0.3) is 0 Å². The molecule has 0 aliphatic carbocycles. The van der Waals surface area contributed by atoms with Crippen LogP contribution in [0.3, 0.4) is 0 Å². The molecule has 0 aliphatic rings. The lowest BCUT2D eigenvalue weighted by atomic mass is 10.2. The van der Waals surface area contributed by atoms with Gasteiger partial charge in [-0.05, 0) is 23.3 Å². The van der Waals surface area contributed by atoms with Crippen molar-refractivity contribution in [3.05, 3.63) is 70.7 Å². The Balaban J connectivity index is 0.00000364. The first-order valence-corrected chi connectivity index (χ1v) is 8.93. The molecule has 0 aliphatic heterocycles. The van der Waals surface area contributed by atoms with Crippen molar-refractivity contribution in [1.29, 1.82) is 0 Å². The molecule has 0 fully saturated rings. The van der Waals surface area contributed by atoms with Crippen LogP contribution in [0.25, 0.3) is 0 Å². The Morgan fingerprint density at radius 1 is 1.07 bits per heavy atom. The summed E-state index contributed by atoms with van der Waals surface area (Å²) in [5.41, 5.74) is 2.19. The van der Waals surface area contributed by atoms with Gasteiger partial charge in [0.15, 0.2) is 5.96 Å². The number of rotatable bonds is 7. The Morgan fingerprint density at radius 2 is 1.78 bits per heavy atom. The molecule has 146 valence electrons. The largest absolute Gasteiger partial charge is 0.356 e. The summed E-state index contributed by atoms with van der Waals surface area (Å²) >= 11 is 6.03. The maximum atomic E-state index is 12.0. The van der Waals surface area contributed by atoms with Crippen LogP contribution in [0.5, 0.6) is 0 Å². The highest BCUT2D eigenvalue weighted by Crippen LogP contribution is 2.12. The zero-order chi connectivity index (χ0) is 18.8. The van der Waals surface area contributed by atoms with Gasteiger partial charge in [0.05, 0.1) is 0 Å². The lowest BCUT2D eigenvalue weighted by Gasteiger charge is -2.22. The van der Waals surface area contributed by atoms with E-state index >= 15 is 0 Å². The van der Waals surface area contributed by atoms with Crippen molar-refractivity contribution in [2.24, 2.45) is 4.99 Å². The smallest absolute Gasteiger partial charge is 0.222 e. The number of carbonyl (C=O) groups excluding carboxylic acids is 1. The van der Waals surface area contributed by atoms with Crippen LogP contribution in [0, 0.1) is 0 Å². The Hall–Kier alpha value is -1.80. The second-order valence-electron chi connectivity index (χ2n) is 5.97. The summed E-state index contributed by atoms with van der Waals surface area (Å²) in [5.74, 6) is 0.745. The Bertz CT molecular complexity index is 740. The van der Waals surface area contributed by atoms with Crippen molar-refractivity contribution in [1.82, 2.24) is 15.5 Å². The van der Waals surface area contributed by atoms with E-state index in [0.717, 1.165) is 17.1 Å². The van der Waals surface area contributed by atoms with Crippen LogP contribution < -0.4 is 10.6 Å². The Labute approximate surface area is 183 Å². The van der Waals surface area contributed by atoms with Crippen LogP contribution in [0.4, 0.5) is 0 Å². The van der Waals surface area contributed by atoms with E-state index in [4.69, 9.17) is 11.6 Å². The normalized spacial score (nSPS) is 10.7. The fourth-order valence-electron chi connectivity index (χ4n) is 2.54. The third-order valence-electron chi connectivity index (χ3n) is 3.85. The van der Waals surface area contributed by atoms with Crippen molar-refractivity contribution in [3.63, 3.8) is 0 Å².